The second-order valence-corrected chi connectivity index (χ2v) is 10.2. The Bertz CT molecular complexity index is 941. The summed E-state index contributed by atoms with van der Waals surface area (Å²) in [7, 11) is 0. The van der Waals surface area contributed by atoms with Gasteiger partial charge in [-0.2, -0.15) is 0 Å². The Kier molecular flexibility index (Phi) is 7.67. The first-order chi connectivity index (χ1) is 16.6. The van der Waals surface area contributed by atoms with Crippen LogP contribution >= 0.6 is 0 Å². The lowest BCUT2D eigenvalue weighted by molar-refractivity contribution is -0.132. The topological polar surface area (TPSA) is 80.1 Å². The molecule has 8 heteroatoms. The largest absolute Gasteiger partial charge is 0.376 e. The van der Waals surface area contributed by atoms with Crippen LogP contribution in [-0.4, -0.2) is 80.7 Å². The zero-order valence-electron chi connectivity index (χ0n) is 20.3. The minimum Gasteiger partial charge on any atom is -0.376 e. The normalized spacial score (nSPS) is 26.6. The van der Waals surface area contributed by atoms with Crippen molar-refractivity contribution in [1.29, 1.82) is 0 Å². The van der Waals surface area contributed by atoms with E-state index in [-0.39, 0.29) is 12.0 Å². The molecule has 1 N–H and O–H groups in total. The molecule has 0 spiro atoms. The number of ether oxygens (including phenoxy) is 2. The van der Waals surface area contributed by atoms with Crippen LogP contribution in [-0.2, 0) is 14.3 Å². The van der Waals surface area contributed by atoms with Gasteiger partial charge in [-0.15, -0.1) is 0 Å². The van der Waals surface area contributed by atoms with E-state index in [1.165, 1.54) is 24.8 Å². The number of fused-ring (bicyclic) bond motifs is 1. The van der Waals surface area contributed by atoms with Crippen molar-refractivity contribution in [2.75, 3.05) is 57.4 Å². The van der Waals surface area contributed by atoms with Crippen LogP contribution in [0.3, 0.4) is 0 Å². The number of benzene rings is 1. The summed E-state index contributed by atoms with van der Waals surface area (Å²) in [5, 5.41) is 8.69. The van der Waals surface area contributed by atoms with Gasteiger partial charge in [0, 0.05) is 32.2 Å². The summed E-state index contributed by atoms with van der Waals surface area (Å²) in [5.74, 6) is 1.86. The first kappa shape index (κ1) is 23.6. The monoisotopic (exact) mass is 470 g/mol. The molecule has 0 radical (unpaired) electrons. The molecule has 3 aliphatic rings. The lowest BCUT2D eigenvalue weighted by atomic mass is 9.84. The zero-order chi connectivity index (χ0) is 23.3. The maximum atomic E-state index is 12.3. The average Bonchev–Trinajstić information content (AvgIpc) is 3.27. The van der Waals surface area contributed by atoms with E-state index in [0.717, 1.165) is 68.3 Å². The third-order valence-electron chi connectivity index (χ3n) is 7.64. The molecule has 1 unspecified atom stereocenters. The molecule has 2 saturated heterocycles. The van der Waals surface area contributed by atoms with Crippen molar-refractivity contribution in [1.82, 2.24) is 15.4 Å². The fraction of sp³-hybridized carbons (Fsp3) is 0.692. The van der Waals surface area contributed by atoms with E-state index >= 15 is 0 Å². The molecule has 8 nitrogen and oxygen atoms in total. The number of rotatable bonds is 7. The molecule has 1 aliphatic carbocycles. The summed E-state index contributed by atoms with van der Waals surface area (Å²) >= 11 is 0. The number of nitrogens with one attached hydrogen (secondary N) is 1. The quantitative estimate of drug-likeness (QED) is 0.666. The number of nitrogens with zero attached hydrogens (tertiary/aromatic N) is 3. The van der Waals surface area contributed by atoms with Crippen molar-refractivity contribution < 1.29 is 18.8 Å². The highest BCUT2D eigenvalue weighted by molar-refractivity contribution is 5.89. The lowest BCUT2D eigenvalue weighted by Crippen LogP contribution is -2.47. The minimum absolute atomic E-state index is 0.0854. The van der Waals surface area contributed by atoms with Crippen LogP contribution in [0.15, 0.2) is 22.7 Å². The Morgan fingerprint density at radius 3 is 2.71 bits per heavy atom. The highest BCUT2D eigenvalue weighted by atomic mass is 16.6. The molecule has 3 fully saturated rings. The summed E-state index contributed by atoms with van der Waals surface area (Å²) in [5.41, 5.74) is 2.07. The molecule has 1 saturated carbocycles. The van der Waals surface area contributed by atoms with Gasteiger partial charge in [-0.25, -0.2) is 0 Å². The van der Waals surface area contributed by atoms with E-state index in [0.29, 0.717) is 32.3 Å². The molecule has 5 rings (SSSR count). The van der Waals surface area contributed by atoms with Crippen LogP contribution < -0.4 is 10.2 Å². The van der Waals surface area contributed by atoms with Crippen molar-refractivity contribution in [3.63, 3.8) is 0 Å². The van der Waals surface area contributed by atoms with Gasteiger partial charge in [0.25, 0.3) is 0 Å². The van der Waals surface area contributed by atoms with Crippen molar-refractivity contribution in [3.05, 3.63) is 23.8 Å². The third-order valence-corrected chi connectivity index (χ3v) is 7.64. The number of amides is 1. The van der Waals surface area contributed by atoms with Crippen LogP contribution in [0.25, 0.3) is 11.0 Å². The highest BCUT2D eigenvalue weighted by Crippen LogP contribution is 2.29. The Labute approximate surface area is 201 Å². The fourth-order valence-corrected chi connectivity index (χ4v) is 5.55. The predicted molar refractivity (Wildman–Crippen MR) is 131 cm³/mol. The smallest absolute Gasteiger partial charge is 0.222 e. The number of hydrogen-bond acceptors (Lipinski definition) is 7. The van der Waals surface area contributed by atoms with Gasteiger partial charge in [-0.1, -0.05) is 11.2 Å². The SMILES string of the molecule is Cc1ccc2c(N3CCN(CCC4CCC(NC(=O)CC5COCCO5)CC4)CC3)noc2c1. The van der Waals surface area contributed by atoms with E-state index in [1.54, 1.807) is 0 Å². The molecule has 0 bridgehead atoms. The summed E-state index contributed by atoms with van der Waals surface area (Å²) < 4.78 is 16.5. The summed E-state index contributed by atoms with van der Waals surface area (Å²) in [6, 6.07) is 6.62. The van der Waals surface area contributed by atoms with Gasteiger partial charge in [-0.3, -0.25) is 9.69 Å². The molecule has 3 heterocycles. The Balaban J connectivity index is 0.992. The molecule has 2 aromatic rings. The van der Waals surface area contributed by atoms with Crippen molar-refractivity contribution in [2.24, 2.45) is 5.92 Å². The number of aryl methyl sites for hydroxylation is 1. The van der Waals surface area contributed by atoms with Gasteiger partial charge in [0.2, 0.25) is 5.91 Å². The van der Waals surface area contributed by atoms with Crippen molar-refractivity contribution >= 4 is 22.7 Å². The van der Waals surface area contributed by atoms with E-state index in [1.807, 2.05) is 0 Å². The van der Waals surface area contributed by atoms with Crippen LogP contribution in [0.4, 0.5) is 5.82 Å². The standard InChI is InChI=1S/C26H38N4O4/c1-19-2-7-23-24(16-19)34-28-26(23)30-12-10-29(11-13-30)9-8-20-3-5-21(6-4-20)27-25(31)17-22-18-32-14-15-33-22/h2,7,16,20-22H,3-6,8-15,17-18H2,1H3,(H,27,31). The summed E-state index contributed by atoms with van der Waals surface area (Å²) in [6.07, 6.45) is 6.17. The second-order valence-electron chi connectivity index (χ2n) is 10.2. The number of piperazine rings is 1. The molecular weight excluding hydrogens is 432 g/mol. The molecule has 34 heavy (non-hydrogen) atoms. The maximum absolute atomic E-state index is 12.3. The van der Waals surface area contributed by atoms with Crippen LogP contribution in [0, 0.1) is 12.8 Å². The molecule has 186 valence electrons. The second kappa shape index (κ2) is 11.1. The molecule has 1 aromatic heterocycles. The van der Waals surface area contributed by atoms with Gasteiger partial charge in [0.05, 0.1) is 37.7 Å². The number of carbonyl (C=O) groups excluding carboxylic acids is 1. The average molecular weight is 471 g/mol. The van der Waals surface area contributed by atoms with Crippen molar-refractivity contribution in [3.8, 4) is 0 Å². The minimum atomic E-state index is -0.0854. The van der Waals surface area contributed by atoms with Crippen LogP contribution in [0.2, 0.25) is 0 Å². The van der Waals surface area contributed by atoms with E-state index in [2.05, 4.69) is 45.4 Å². The van der Waals surface area contributed by atoms with Gasteiger partial charge in [0.1, 0.15) is 0 Å². The van der Waals surface area contributed by atoms with Crippen LogP contribution in [0.5, 0.6) is 0 Å². The Morgan fingerprint density at radius 1 is 1.12 bits per heavy atom. The molecule has 1 amide bonds. The van der Waals surface area contributed by atoms with Gasteiger partial charge < -0.3 is 24.2 Å². The summed E-state index contributed by atoms with van der Waals surface area (Å²) in [4.78, 5) is 17.3. The molecule has 1 atom stereocenters. The highest BCUT2D eigenvalue weighted by Gasteiger charge is 2.26. The zero-order valence-corrected chi connectivity index (χ0v) is 20.3. The number of hydrogen-bond donors (Lipinski definition) is 1. The summed E-state index contributed by atoms with van der Waals surface area (Å²) in [6.45, 7) is 9.11. The number of anilines is 1. The number of aromatic nitrogens is 1. The Morgan fingerprint density at radius 2 is 1.94 bits per heavy atom. The first-order valence-corrected chi connectivity index (χ1v) is 13.0. The molecule has 2 aliphatic heterocycles. The Hall–Kier alpha value is -2.16. The number of carbonyl (C=O) groups is 1. The predicted octanol–water partition coefficient (Wildman–Crippen LogP) is 3.13. The molecular formula is C26H38N4O4. The first-order valence-electron chi connectivity index (χ1n) is 13.0. The van der Waals surface area contributed by atoms with Crippen molar-refractivity contribution in [2.45, 2.75) is 57.6 Å². The van der Waals surface area contributed by atoms with Gasteiger partial charge in [-0.05, 0) is 69.2 Å². The van der Waals surface area contributed by atoms with E-state index in [9.17, 15) is 4.79 Å². The van der Waals surface area contributed by atoms with Gasteiger partial charge in [0.15, 0.2) is 11.4 Å². The molecule has 1 aromatic carbocycles. The maximum Gasteiger partial charge on any atom is 0.222 e. The van der Waals surface area contributed by atoms with E-state index < -0.39 is 0 Å². The van der Waals surface area contributed by atoms with Gasteiger partial charge >= 0.3 is 0 Å². The lowest BCUT2D eigenvalue weighted by Gasteiger charge is -2.36. The fourth-order valence-electron chi connectivity index (χ4n) is 5.55. The third kappa shape index (κ3) is 5.90. The van der Waals surface area contributed by atoms with Crippen LogP contribution in [0.1, 0.15) is 44.1 Å². The van der Waals surface area contributed by atoms with E-state index in [4.69, 9.17) is 14.0 Å².